The fourth-order valence-electron chi connectivity index (χ4n) is 2.69. The molecule has 0 fully saturated rings. The quantitative estimate of drug-likeness (QED) is 0.760. The number of unbranched alkanes of at least 4 members (excludes halogenated alkanes) is 1. The largest absolute Gasteiger partial charge is 0.315 e. The molecule has 1 unspecified atom stereocenters. The monoisotopic (exact) mass is 309 g/mol. The van der Waals surface area contributed by atoms with Gasteiger partial charge in [-0.05, 0) is 17.5 Å². The molecule has 0 radical (unpaired) electrons. The Balaban J connectivity index is 2.24. The Labute approximate surface area is 137 Å². The number of Topliss-reactive ketones (excluding diaryl/α,β-unsaturated/α-hetero) is 2. The van der Waals surface area contributed by atoms with Gasteiger partial charge in [-0.25, -0.2) is 0 Å². The predicted octanol–water partition coefficient (Wildman–Crippen LogP) is 3.41. The molecule has 0 aliphatic heterocycles. The maximum absolute atomic E-state index is 12.8. The van der Waals surface area contributed by atoms with Crippen LogP contribution in [0.4, 0.5) is 0 Å². The zero-order valence-electron chi connectivity index (χ0n) is 13.5. The smallest absolute Gasteiger partial charge is 0.222 e. The van der Waals surface area contributed by atoms with E-state index >= 15 is 0 Å². The van der Waals surface area contributed by atoms with Crippen molar-refractivity contribution < 1.29 is 9.59 Å². The summed E-state index contributed by atoms with van der Waals surface area (Å²) in [4.78, 5) is 25.3. The van der Waals surface area contributed by atoms with Crippen LogP contribution in [0.25, 0.3) is 0 Å². The van der Waals surface area contributed by atoms with Crippen molar-refractivity contribution in [2.24, 2.45) is 5.73 Å². The summed E-state index contributed by atoms with van der Waals surface area (Å²) in [6, 6.07) is 18.5. The van der Waals surface area contributed by atoms with Crippen LogP contribution >= 0.6 is 0 Å². The van der Waals surface area contributed by atoms with Crippen LogP contribution in [0.15, 0.2) is 60.7 Å². The molecule has 120 valence electrons. The Bertz CT molecular complexity index is 652. The molecule has 0 heterocycles. The average Bonchev–Trinajstić information content (AvgIpc) is 2.60. The van der Waals surface area contributed by atoms with Crippen LogP contribution in [-0.2, 0) is 21.5 Å². The first kappa shape index (κ1) is 17.1. The molecule has 0 saturated carbocycles. The fourth-order valence-corrected chi connectivity index (χ4v) is 2.69. The summed E-state index contributed by atoms with van der Waals surface area (Å²) in [6.07, 6.45) is 2.30. The molecule has 2 N–H and O–H groups in total. The van der Waals surface area contributed by atoms with Crippen molar-refractivity contribution in [1.29, 1.82) is 0 Å². The Kier molecular flexibility index (Phi) is 5.83. The van der Waals surface area contributed by atoms with E-state index in [-0.39, 0.29) is 6.42 Å². The van der Waals surface area contributed by atoms with Gasteiger partial charge < -0.3 is 5.73 Å². The Morgan fingerprint density at radius 3 is 2.09 bits per heavy atom. The van der Waals surface area contributed by atoms with Crippen LogP contribution in [0.3, 0.4) is 0 Å². The summed E-state index contributed by atoms with van der Waals surface area (Å²) in [5.41, 5.74) is 6.74. The standard InChI is InChI=1S/C20H23NO2/c1-2-3-14-20(21,17-12-8-5-9-13-17)19(23)18(22)15-16-10-6-4-7-11-16/h4-13H,2-3,14-15,21H2,1H3. The van der Waals surface area contributed by atoms with Gasteiger partial charge in [-0.1, -0.05) is 80.4 Å². The Morgan fingerprint density at radius 1 is 0.957 bits per heavy atom. The molecule has 2 aromatic rings. The number of ketones is 2. The second-order valence-corrected chi connectivity index (χ2v) is 5.86. The number of benzene rings is 2. The van der Waals surface area contributed by atoms with Crippen molar-refractivity contribution in [2.75, 3.05) is 0 Å². The van der Waals surface area contributed by atoms with E-state index in [1.54, 1.807) is 0 Å². The van der Waals surface area contributed by atoms with Crippen LogP contribution < -0.4 is 5.73 Å². The van der Waals surface area contributed by atoms with Gasteiger partial charge in [-0.15, -0.1) is 0 Å². The maximum Gasteiger partial charge on any atom is 0.222 e. The maximum atomic E-state index is 12.8. The van der Waals surface area contributed by atoms with Crippen LogP contribution in [0.5, 0.6) is 0 Å². The van der Waals surface area contributed by atoms with E-state index in [1.165, 1.54) is 0 Å². The molecule has 3 nitrogen and oxygen atoms in total. The van der Waals surface area contributed by atoms with E-state index in [2.05, 4.69) is 0 Å². The van der Waals surface area contributed by atoms with Crippen LogP contribution in [0.2, 0.25) is 0 Å². The van der Waals surface area contributed by atoms with E-state index in [0.717, 1.165) is 18.4 Å². The molecular formula is C20H23NO2. The molecular weight excluding hydrogens is 286 g/mol. The van der Waals surface area contributed by atoms with E-state index in [9.17, 15) is 9.59 Å². The topological polar surface area (TPSA) is 60.2 Å². The fraction of sp³-hybridized carbons (Fsp3) is 0.300. The SMILES string of the molecule is CCCCC(N)(C(=O)C(=O)Cc1ccccc1)c1ccccc1. The lowest BCUT2D eigenvalue weighted by Gasteiger charge is -2.28. The average molecular weight is 309 g/mol. The molecule has 0 spiro atoms. The van der Waals surface area contributed by atoms with Gasteiger partial charge >= 0.3 is 0 Å². The van der Waals surface area contributed by atoms with E-state index in [4.69, 9.17) is 5.73 Å². The number of carbonyl (C=O) groups is 2. The third kappa shape index (κ3) is 4.14. The van der Waals surface area contributed by atoms with Gasteiger partial charge in [0, 0.05) is 6.42 Å². The minimum absolute atomic E-state index is 0.0948. The molecule has 0 bridgehead atoms. The zero-order valence-corrected chi connectivity index (χ0v) is 13.5. The summed E-state index contributed by atoms with van der Waals surface area (Å²) < 4.78 is 0. The first-order valence-electron chi connectivity index (χ1n) is 8.04. The van der Waals surface area contributed by atoms with Crippen LogP contribution in [0, 0.1) is 0 Å². The lowest BCUT2D eigenvalue weighted by atomic mass is 9.80. The van der Waals surface area contributed by atoms with Crippen molar-refractivity contribution in [1.82, 2.24) is 0 Å². The first-order valence-corrected chi connectivity index (χ1v) is 8.04. The Morgan fingerprint density at radius 2 is 1.52 bits per heavy atom. The third-order valence-electron chi connectivity index (χ3n) is 4.08. The molecule has 1 atom stereocenters. The normalized spacial score (nSPS) is 13.3. The van der Waals surface area contributed by atoms with E-state index in [0.29, 0.717) is 12.0 Å². The first-order chi connectivity index (χ1) is 11.1. The molecule has 2 rings (SSSR count). The molecule has 0 aromatic heterocycles. The zero-order chi connectivity index (χ0) is 16.7. The highest BCUT2D eigenvalue weighted by Crippen LogP contribution is 2.26. The number of carbonyl (C=O) groups excluding carboxylic acids is 2. The van der Waals surface area contributed by atoms with Gasteiger partial charge in [0.15, 0.2) is 0 Å². The second-order valence-electron chi connectivity index (χ2n) is 5.86. The minimum atomic E-state index is -1.23. The number of nitrogens with two attached hydrogens (primary N) is 1. The molecule has 0 saturated heterocycles. The van der Waals surface area contributed by atoms with Crippen molar-refractivity contribution in [3.8, 4) is 0 Å². The third-order valence-corrected chi connectivity index (χ3v) is 4.08. The summed E-state index contributed by atoms with van der Waals surface area (Å²) in [7, 11) is 0. The minimum Gasteiger partial charge on any atom is -0.315 e. The summed E-state index contributed by atoms with van der Waals surface area (Å²) >= 11 is 0. The van der Waals surface area contributed by atoms with E-state index in [1.807, 2.05) is 67.6 Å². The highest BCUT2D eigenvalue weighted by atomic mass is 16.2. The molecule has 0 aliphatic rings. The molecule has 3 heteroatoms. The van der Waals surface area contributed by atoms with Gasteiger partial charge in [0.2, 0.25) is 11.6 Å². The van der Waals surface area contributed by atoms with Crippen molar-refractivity contribution in [2.45, 2.75) is 38.1 Å². The van der Waals surface area contributed by atoms with Crippen LogP contribution in [-0.4, -0.2) is 11.6 Å². The van der Waals surface area contributed by atoms with Crippen molar-refractivity contribution in [3.63, 3.8) is 0 Å². The van der Waals surface area contributed by atoms with Crippen LogP contribution in [0.1, 0.15) is 37.3 Å². The Hall–Kier alpha value is -2.26. The summed E-state index contributed by atoms with van der Waals surface area (Å²) in [5.74, 6) is -0.931. The van der Waals surface area contributed by atoms with Crippen molar-refractivity contribution >= 4 is 11.6 Å². The number of rotatable bonds is 8. The number of hydrogen-bond acceptors (Lipinski definition) is 3. The van der Waals surface area contributed by atoms with Gasteiger partial charge in [-0.2, -0.15) is 0 Å². The highest BCUT2D eigenvalue weighted by molar-refractivity contribution is 6.40. The lowest BCUT2D eigenvalue weighted by molar-refractivity contribution is -0.139. The van der Waals surface area contributed by atoms with Gasteiger partial charge in [0.25, 0.3) is 0 Å². The second kappa shape index (κ2) is 7.84. The molecule has 0 amide bonds. The predicted molar refractivity (Wildman–Crippen MR) is 92.0 cm³/mol. The van der Waals surface area contributed by atoms with E-state index < -0.39 is 17.1 Å². The molecule has 23 heavy (non-hydrogen) atoms. The van der Waals surface area contributed by atoms with Crippen molar-refractivity contribution in [3.05, 3.63) is 71.8 Å². The summed E-state index contributed by atoms with van der Waals surface area (Å²) in [5, 5.41) is 0. The molecule has 2 aromatic carbocycles. The highest BCUT2D eigenvalue weighted by Gasteiger charge is 2.38. The molecule has 0 aliphatic carbocycles. The summed E-state index contributed by atoms with van der Waals surface area (Å²) in [6.45, 7) is 2.04. The number of hydrogen-bond donors (Lipinski definition) is 1. The lowest BCUT2D eigenvalue weighted by Crippen LogP contribution is -2.48. The van der Waals surface area contributed by atoms with Gasteiger partial charge in [0.05, 0.1) is 0 Å². The van der Waals surface area contributed by atoms with Gasteiger partial charge in [-0.3, -0.25) is 9.59 Å². The van der Waals surface area contributed by atoms with Gasteiger partial charge in [0.1, 0.15) is 5.54 Å².